The highest BCUT2D eigenvalue weighted by molar-refractivity contribution is 7.14. The number of halogens is 2. The molecule has 0 aliphatic heterocycles. The molecule has 3 rings (SSSR count). The largest absolute Gasteiger partial charge is 0.484 e. The number of anilines is 1. The lowest BCUT2D eigenvalue weighted by Gasteiger charge is -2.06. The van der Waals surface area contributed by atoms with Crippen LogP contribution in [0.2, 0.25) is 5.02 Å². The van der Waals surface area contributed by atoms with Crippen molar-refractivity contribution in [2.45, 2.75) is 19.8 Å². The first-order chi connectivity index (χ1) is 14.9. The number of amides is 2. The predicted octanol–water partition coefficient (Wildman–Crippen LogP) is 4.69. The average molecular weight is 462 g/mol. The molecule has 2 N–H and O–H groups in total. The predicted molar refractivity (Wildman–Crippen MR) is 120 cm³/mol. The Morgan fingerprint density at radius 3 is 2.68 bits per heavy atom. The molecule has 31 heavy (non-hydrogen) atoms. The molecule has 0 spiro atoms. The first-order valence-corrected chi connectivity index (χ1v) is 10.8. The molecule has 0 unspecified atom stereocenters. The summed E-state index contributed by atoms with van der Waals surface area (Å²) in [4.78, 5) is 27.4. The van der Waals surface area contributed by atoms with Gasteiger partial charge in [0.05, 0.1) is 10.7 Å². The minimum Gasteiger partial charge on any atom is -0.484 e. The van der Waals surface area contributed by atoms with Gasteiger partial charge in [0.2, 0.25) is 5.91 Å². The van der Waals surface area contributed by atoms with Crippen molar-refractivity contribution in [3.63, 3.8) is 0 Å². The summed E-state index contributed by atoms with van der Waals surface area (Å²) in [7, 11) is 0. The molecule has 1 heterocycles. The van der Waals surface area contributed by atoms with Crippen LogP contribution in [0.25, 0.3) is 11.3 Å². The smallest absolute Gasteiger partial charge is 0.264 e. The maximum Gasteiger partial charge on any atom is 0.264 e. The van der Waals surface area contributed by atoms with E-state index in [1.54, 1.807) is 0 Å². The zero-order chi connectivity index (χ0) is 22.2. The van der Waals surface area contributed by atoms with E-state index in [1.807, 2.05) is 29.6 Å². The molecular weight excluding hydrogens is 441 g/mol. The van der Waals surface area contributed by atoms with Crippen LogP contribution in [0.15, 0.2) is 47.8 Å². The van der Waals surface area contributed by atoms with Gasteiger partial charge in [-0.15, -0.1) is 11.3 Å². The second-order valence-electron chi connectivity index (χ2n) is 6.73. The van der Waals surface area contributed by atoms with Crippen LogP contribution >= 0.6 is 22.9 Å². The fraction of sp³-hybridized carbons (Fsp3) is 0.227. The number of aromatic nitrogens is 1. The third-order valence-corrected chi connectivity index (χ3v) is 5.32. The molecule has 9 heteroatoms. The van der Waals surface area contributed by atoms with Gasteiger partial charge in [-0.25, -0.2) is 9.37 Å². The van der Waals surface area contributed by atoms with Gasteiger partial charge < -0.3 is 10.1 Å². The van der Waals surface area contributed by atoms with Crippen LogP contribution in [-0.2, 0) is 16.0 Å². The van der Waals surface area contributed by atoms with E-state index in [1.165, 1.54) is 42.0 Å². The van der Waals surface area contributed by atoms with E-state index in [0.717, 1.165) is 24.1 Å². The zero-order valence-electron chi connectivity index (χ0n) is 16.8. The molecule has 2 aromatic carbocycles. The molecule has 0 saturated carbocycles. The van der Waals surface area contributed by atoms with Gasteiger partial charge in [-0.1, -0.05) is 35.9 Å². The lowest BCUT2D eigenvalue weighted by atomic mass is 10.1. The number of rotatable bonds is 9. The monoisotopic (exact) mass is 461 g/mol. The molecule has 0 radical (unpaired) electrons. The summed E-state index contributed by atoms with van der Waals surface area (Å²) in [6.45, 7) is 1.92. The number of hydrogen-bond acceptors (Lipinski definition) is 5. The van der Waals surface area contributed by atoms with Crippen LogP contribution in [0.3, 0.4) is 0 Å². The van der Waals surface area contributed by atoms with Crippen molar-refractivity contribution in [3.05, 3.63) is 64.2 Å². The number of nitrogens with zero attached hydrogens (tertiary/aromatic N) is 1. The van der Waals surface area contributed by atoms with Crippen molar-refractivity contribution in [3.8, 4) is 17.0 Å². The van der Waals surface area contributed by atoms with E-state index in [4.69, 9.17) is 16.3 Å². The Morgan fingerprint density at radius 2 is 1.97 bits per heavy atom. The van der Waals surface area contributed by atoms with Crippen LogP contribution in [0.5, 0.6) is 5.75 Å². The Morgan fingerprint density at radius 1 is 1.19 bits per heavy atom. The summed E-state index contributed by atoms with van der Waals surface area (Å²) in [5.74, 6) is -0.644. The van der Waals surface area contributed by atoms with Crippen molar-refractivity contribution < 1.29 is 18.7 Å². The number of carbonyl (C=O) groups excluding carboxylic acids is 2. The Labute approximate surface area is 188 Å². The highest BCUT2D eigenvalue weighted by Crippen LogP contribution is 2.25. The van der Waals surface area contributed by atoms with Crippen molar-refractivity contribution >= 4 is 39.9 Å². The van der Waals surface area contributed by atoms with Crippen LogP contribution in [0.4, 0.5) is 9.52 Å². The zero-order valence-corrected chi connectivity index (χ0v) is 18.4. The van der Waals surface area contributed by atoms with E-state index in [-0.39, 0.29) is 23.4 Å². The van der Waals surface area contributed by atoms with Gasteiger partial charge in [-0.05, 0) is 30.5 Å². The summed E-state index contributed by atoms with van der Waals surface area (Å²) >= 11 is 7.01. The number of ether oxygens (including phenoxy) is 1. The summed E-state index contributed by atoms with van der Waals surface area (Å²) in [6.07, 6.45) is 1.75. The number of benzene rings is 2. The molecule has 2 amide bonds. The van der Waals surface area contributed by atoms with Gasteiger partial charge in [-0.2, -0.15) is 0 Å². The standard InChI is InChI=1S/C22H21ClFN3O3S/c1-14(28)25-10-2-3-15-4-6-16(7-5-15)20-13-31-22(26-20)27-21(29)12-30-17-8-9-19(24)18(23)11-17/h4-9,11,13H,2-3,10,12H2,1H3,(H,25,28)(H,26,27,29). The van der Waals surface area contributed by atoms with E-state index >= 15 is 0 Å². The molecule has 6 nitrogen and oxygen atoms in total. The van der Waals surface area contributed by atoms with Crippen molar-refractivity contribution in [2.75, 3.05) is 18.5 Å². The number of aryl methyl sites for hydroxylation is 1. The molecule has 162 valence electrons. The van der Waals surface area contributed by atoms with Crippen molar-refractivity contribution in [2.24, 2.45) is 0 Å². The van der Waals surface area contributed by atoms with Gasteiger partial charge in [-0.3, -0.25) is 14.9 Å². The minimum atomic E-state index is -0.549. The van der Waals surface area contributed by atoms with Crippen LogP contribution in [0, 0.1) is 5.82 Å². The average Bonchev–Trinajstić information content (AvgIpc) is 3.21. The van der Waals surface area contributed by atoms with E-state index < -0.39 is 5.82 Å². The first-order valence-electron chi connectivity index (χ1n) is 9.57. The quantitative estimate of drug-likeness (QED) is 0.453. The number of thiazole rings is 1. The Bertz CT molecular complexity index is 1060. The lowest BCUT2D eigenvalue weighted by molar-refractivity contribution is -0.119. The molecule has 0 bridgehead atoms. The topological polar surface area (TPSA) is 80.3 Å². The Balaban J connectivity index is 1.49. The molecule has 1 aromatic heterocycles. The number of carbonyl (C=O) groups is 2. The third kappa shape index (κ3) is 7.04. The first kappa shape index (κ1) is 22.7. The van der Waals surface area contributed by atoms with Crippen LogP contribution in [0.1, 0.15) is 18.9 Å². The van der Waals surface area contributed by atoms with Gasteiger partial charge in [0.1, 0.15) is 11.6 Å². The summed E-state index contributed by atoms with van der Waals surface area (Å²) in [5.41, 5.74) is 2.88. The Hall–Kier alpha value is -2.97. The second kappa shape index (κ2) is 10.9. The third-order valence-electron chi connectivity index (χ3n) is 4.28. The molecule has 0 saturated heterocycles. The summed E-state index contributed by atoms with van der Waals surface area (Å²) in [5, 5.41) is 7.72. The molecule has 3 aromatic rings. The lowest BCUT2D eigenvalue weighted by Crippen LogP contribution is -2.21. The van der Waals surface area contributed by atoms with E-state index in [9.17, 15) is 14.0 Å². The van der Waals surface area contributed by atoms with Gasteiger partial charge in [0, 0.05) is 30.5 Å². The summed E-state index contributed by atoms with van der Waals surface area (Å²) < 4.78 is 18.5. The molecular formula is C22H21ClFN3O3S. The molecule has 0 aliphatic carbocycles. The second-order valence-corrected chi connectivity index (χ2v) is 8.00. The van der Waals surface area contributed by atoms with Gasteiger partial charge >= 0.3 is 0 Å². The number of nitrogens with one attached hydrogen (secondary N) is 2. The van der Waals surface area contributed by atoms with Gasteiger partial charge in [0.15, 0.2) is 11.7 Å². The Kier molecular flexibility index (Phi) is 7.97. The molecule has 0 atom stereocenters. The number of hydrogen-bond donors (Lipinski definition) is 2. The van der Waals surface area contributed by atoms with Crippen molar-refractivity contribution in [1.82, 2.24) is 10.3 Å². The normalized spacial score (nSPS) is 10.5. The van der Waals surface area contributed by atoms with Gasteiger partial charge in [0.25, 0.3) is 5.91 Å². The molecule has 0 aliphatic rings. The van der Waals surface area contributed by atoms with E-state index in [0.29, 0.717) is 17.4 Å². The fourth-order valence-corrected chi connectivity index (χ4v) is 3.64. The maximum absolute atomic E-state index is 13.2. The fourth-order valence-electron chi connectivity index (χ4n) is 2.73. The maximum atomic E-state index is 13.2. The van der Waals surface area contributed by atoms with Crippen LogP contribution < -0.4 is 15.4 Å². The SMILES string of the molecule is CC(=O)NCCCc1ccc(-c2csc(NC(=O)COc3ccc(F)c(Cl)c3)n2)cc1. The molecule has 0 fully saturated rings. The van der Waals surface area contributed by atoms with Crippen molar-refractivity contribution in [1.29, 1.82) is 0 Å². The highest BCUT2D eigenvalue weighted by Gasteiger charge is 2.10. The van der Waals surface area contributed by atoms with E-state index in [2.05, 4.69) is 15.6 Å². The highest BCUT2D eigenvalue weighted by atomic mass is 35.5. The summed E-state index contributed by atoms with van der Waals surface area (Å²) in [6, 6.07) is 11.9. The minimum absolute atomic E-state index is 0.0202. The van der Waals surface area contributed by atoms with Crippen LogP contribution in [-0.4, -0.2) is 29.9 Å².